The highest BCUT2D eigenvalue weighted by Crippen LogP contribution is 2.22. The number of aryl methyl sites for hydroxylation is 1. The predicted molar refractivity (Wildman–Crippen MR) is 104 cm³/mol. The van der Waals surface area contributed by atoms with Crippen LogP contribution < -0.4 is 0 Å². The Morgan fingerprint density at radius 1 is 0.808 bits per heavy atom. The highest BCUT2D eigenvalue weighted by molar-refractivity contribution is 7.92. The summed E-state index contributed by atoms with van der Waals surface area (Å²) in [5.74, 6) is 0. The largest absolute Gasteiger partial charge is 0.302 e. The number of carbonyl (C=O) groups excluding carboxylic acids is 1. The summed E-state index contributed by atoms with van der Waals surface area (Å²) in [6, 6.07) is 24.2. The van der Waals surface area contributed by atoms with E-state index in [9.17, 15) is 13.2 Å². The number of sulfone groups is 1. The van der Waals surface area contributed by atoms with Crippen molar-refractivity contribution in [2.45, 2.75) is 23.5 Å². The minimum absolute atomic E-state index is 0.161. The first-order valence-electron chi connectivity index (χ1n) is 8.41. The summed E-state index contributed by atoms with van der Waals surface area (Å²) in [6.45, 7) is 1.89. The average Bonchev–Trinajstić information content (AvgIpc) is 2.67. The van der Waals surface area contributed by atoms with E-state index in [1.807, 2.05) is 61.5 Å². The SMILES string of the molecule is Cc1ccc(S(=O)(=O)C(C=O)Cc2ccc(-c3ccccc3)cc2)cc1. The van der Waals surface area contributed by atoms with Crippen molar-refractivity contribution >= 4 is 16.1 Å². The molecule has 0 aliphatic rings. The second kappa shape index (κ2) is 7.67. The van der Waals surface area contributed by atoms with Gasteiger partial charge in [0.2, 0.25) is 0 Å². The van der Waals surface area contributed by atoms with Crippen LogP contribution >= 0.6 is 0 Å². The van der Waals surface area contributed by atoms with E-state index in [2.05, 4.69) is 0 Å². The number of carbonyl (C=O) groups is 1. The van der Waals surface area contributed by atoms with Gasteiger partial charge in [-0.1, -0.05) is 72.3 Å². The molecule has 3 aromatic carbocycles. The molecule has 0 aliphatic carbocycles. The molecule has 0 fully saturated rings. The van der Waals surface area contributed by atoms with Crippen molar-refractivity contribution < 1.29 is 13.2 Å². The third kappa shape index (κ3) is 3.92. The molecule has 0 aromatic heterocycles. The fraction of sp³-hybridized carbons (Fsp3) is 0.136. The molecule has 0 amide bonds. The van der Waals surface area contributed by atoms with Crippen LogP contribution in [0.4, 0.5) is 0 Å². The van der Waals surface area contributed by atoms with Crippen LogP contribution in [0.15, 0.2) is 83.8 Å². The van der Waals surface area contributed by atoms with Gasteiger partial charge in [0.1, 0.15) is 11.5 Å². The van der Waals surface area contributed by atoms with Gasteiger partial charge in [-0.3, -0.25) is 0 Å². The van der Waals surface area contributed by atoms with Crippen molar-refractivity contribution in [1.82, 2.24) is 0 Å². The lowest BCUT2D eigenvalue weighted by molar-refractivity contribution is -0.107. The minimum Gasteiger partial charge on any atom is -0.302 e. The maximum absolute atomic E-state index is 12.7. The molecular weight excluding hydrogens is 344 g/mol. The standard InChI is InChI=1S/C22H20O3S/c1-17-7-13-21(14-8-17)26(24,25)22(16-23)15-18-9-11-20(12-10-18)19-5-3-2-4-6-19/h2-14,16,22H,15H2,1H3. The fourth-order valence-electron chi connectivity index (χ4n) is 2.83. The summed E-state index contributed by atoms with van der Waals surface area (Å²) in [6.07, 6.45) is 0.690. The number of aldehydes is 1. The van der Waals surface area contributed by atoms with E-state index < -0.39 is 15.1 Å². The van der Waals surface area contributed by atoms with E-state index in [1.54, 1.807) is 24.3 Å². The molecule has 26 heavy (non-hydrogen) atoms. The van der Waals surface area contributed by atoms with Crippen molar-refractivity contribution in [1.29, 1.82) is 0 Å². The first-order chi connectivity index (χ1) is 12.5. The summed E-state index contributed by atoms with van der Waals surface area (Å²) in [4.78, 5) is 11.7. The van der Waals surface area contributed by atoms with Crippen LogP contribution in [0.1, 0.15) is 11.1 Å². The summed E-state index contributed by atoms with van der Waals surface area (Å²) in [5.41, 5.74) is 3.94. The second-order valence-electron chi connectivity index (χ2n) is 6.30. The van der Waals surface area contributed by atoms with Gasteiger partial charge in [0.15, 0.2) is 9.84 Å². The van der Waals surface area contributed by atoms with E-state index in [0.717, 1.165) is 22.3 Å². The third-order valence-electron chi connectivity index (χ3n) is 4.40. The smallest absolute Gasteiger partial charge is 0.188 e. The zero-order valence-corrected chi connectivity index (χ0v) is 15.3. The van der Waals surface area contributed by atoms with Crippen LogP contribution in [0.3, 0.4) is 0 Å². The van der Waals surface area contributed by atoms with Gasteiger partial charge in [0.05, 0.1) is 4.90 Å². The fourth-order valence-corrected chi connectivity index (χ4v) is 4.25. The zero-order chi connectivity index (χ0) is 18.6. The van der Waals surface area contributed by atoms with Gasteiger partial charge < -0.3 is 4.79 Å². The van der Waals surface area contributed by atoms with Crippen molar-refractivity contribution in [3.8, 4) is 11.1 Å². The maximum atomic E-state index is 12.7. The van der Waals surface area contributed by atoms with Crippen LogP contribution in [0, 0.1) is 6.92 Å². The number of hydrogen-bond donors (Lipinski definition) is 0. The van der Waals surface area contributed by atoms with Gasteiger partial charge in [-0.2, -0.15) is 0 Å². The summed E-state index contributed by atoms with van der Waals surface area (Å²) < 4.78 is 25.5. The van der Waals surface area contributed by atoms with E-state index >= 15 is 0 Å². The second-order valence-corrected chi connectivity index (χ2v) is 8.47. The van der Waals surface area contributed by atoms with Crippen molar-refractivity contribution in [2.75, 3.05) is 0 Å². The molecule has 0 N–H and O–H groups in total. The van der Waals surface area contributed by atoms with Crippen molar-refractivity contribution in [3.63, 3.8) is 0 Å². The Labute approximate surface area is 154 Å². The molecule has 3 rings (SSSR count). The molecule has 0 aliphatic heterocycles. The van der Waals surface area contributed by atoms with E-state index in [0.29, 0.717) is 6.29 Å². The Balaban J connectivity index is 1.82. The van der Waals surface area contributed by atoms with Crippen LogP contribution in [-0.4, -0.2) is 20.0 Å². The molecule has 0 heterocycles. The first kappa shape index (κ1) is 18.1. The number of rotatable bonds is 6. The Morgan fingerprint density at radius 2 is 1.38 bits per heavy atom. The molecule has 0 radical (unpaired) electrons. The molecule has 3 nitrogen and oxygen atoms in total. The van der Waals surface area contributed by atoms with Crippen LogP contribution in [0.2, 0.25) is 0 Å². The Hall–Kier alpha value is -2.72. The molecule has 0 bridgehead atoms. The van der Waals surface area contributed by atoms with Crippen LogP contribution in [0.25, 0.3) is 11.1 Å². The molecule has 132 valence electrons. The van der Waals surface area contributed by atoms with Gasteiger partial charge in [0, 0.05) is 0 Å². The molecule has 1 unspecified atom stereocenters. The maximum Gasteiger partial charge on any atom is 0.188 e. The van der Waals surface area contributed by atoms with Gasteiger partial charge in [-0.15, -0.1) is 0 Å². The summed E-state index contributed by atoms with van der Waals surface area (Å²) in [7, 11) is -3.70. The third-order valence-corrected chi connectivity index (χ3v) is 6.40. The van der Waals surface area contributed by atoms with Gasteiger partial charge in [-0.05, 0) is 42.2 Å². The Morgan fingerprint density at radius 3 is 1.96 bits per heavy atom. The number of hydrogen-bond acceptors (Lipinski definition) is 3. The number of benzene rings is 3. The Bertz CT molecular complexity index is 974. The highest BCUT2D eigenvalue weighted by atomic mass is 32.2. The molecule has 0 saturated carbocycles. The summed E-state index contributed by atoms with van der Waals surface area (Å²) >= 11 is 0. The van der Waals surface area contributed by atoms with E-state index in [-0.39, 0.29) is 11.3 Å². The van der Waals surface area contributed by atoms with E-state index in [4.69, 9.17) is 0 Å². The lowest BCUT2D eigenvalue weighted by atomic mass is 10.0. The highest BCUT2D eigenvalue weighted by Gasteiger charge is 2.27. The monoisotopic (exact) mass is 364 g/mol. The molecule has 1 atom stereocenters. The molecule has 4 heteroatoms. The molecule has 0 spiro atoms. The molecular formula is C22H20O3S. The van der Waals surface area contributed by atoms with Crippen LogP contribution in [-0.2, 0) is 21.1 Å². The summed E-state index contributed by atoms with van der Waals surface area (Å²) in [5, 5.41) is -1.09. The lowest BCUT2D eigenvalue weighted by Gasteiger charge is -2.13. The van der Waals surface area contributed by atoms with Gasteiger partial charge >= 0.3 is 0 Å². The minimum atomic E-state index is -3.70. The first-order valence-corrected chi connectivity index (χ1v) is 9.95. The lowest BCUT2D eigenvalue weighted by Crippen LogP contribution is -2.25. The van der Waals surface area contributed by atoms with Gasteiger partial charge in [0.25, 0.3) is 0 Å². The van der Waals surface area contributed by atoms with Crippen LogP contribution in [0.5, 0.6) is 0 Å². The average molecular weight is 364 g/mol. The van der Waals surface area contributed by atoms with Gasteiger partial charge in [-0.25, -0.2) is 8.42 Å². The van der Waals surface area contributed by atoms with Crippen molar-refractivity contribution in [2.24, 2.45) is 0 Å². The predicted octanol–water partition coefficient (Wildman–Crippen LogP) is 4.25. The molecule has 3 aromatic rings. The quantitative estimate of drug-likeness (QED) is 0.615. The topological polar surface area (TPSA) is 51.2 Å². The van der Waals surface area contributed by atoms with Crippen molar-refractivity contribution in [3.05, 3.63) is 90.0 Å². The molecule has 0 saturated heterocycles. The zero-order valence-electron chi connectivity index (χ0n) is 14.5. The Kier molecular flexibility index (Phi) is 5.33. The van der Waals surface area contributed by atoms with E-state index in [1.165, 1.54) is 0 Å². The normalized spacial score (nSPS) is 12.5.